The molecule has 1 aromatic heterocycles. The van der Waals surface area contributed by atoms with E-state index >= 15 is 0 Å². The number of aromatic nitrogens is 1. The van der Waals surface area contributed by atoms with Crippen LogP contribution in [0.2, 0.25) is 0 Å². The van der Waals surface area contributed by atoms with Crippen LogP contribution in [0, 0.1) is 0 Å². The fourth-order valence-electron chi connectivity index (χ4n) is 2.87. The average molecular weight is 306 g/mol. The molecular formula is C15H18N2O3S. The molecule has 0 radical (unpaired) electrons. The zero-order valence-electron chi connectivity index (χ0n) is 11.9. The minimum atomic E-state index is -2.97. The lowest BCUT2D eigenvalue weighted by atomic mass is 10.1. The average Bonchev–Trinajstić information content (AvgIpc) is 2.80. The van der Waals surface area contributed by atoms with Crippen molar-refractivity contribution in [2.24, 2.45) is 7.05 Å². The highest BCUT2D eigenvalue weighted by molar-refractivity contribution is 7.92. The smallest absolute Gasteiger partial charge is 0.252 e. The Kier molecular flexibility index (Phi) is 3.49. The van der Waals surface area contributed by atoms with Gasteiger partial charge in [0.1, 0.15) is 0 Å². The first-order valence-electron chi connectivity index (χ1n) is 7.03. The summed E-state index contributed by atoms with van der Waals surface area (Å²) in [6, 6.07) is 9.13. The van der Waals surface area contributed by atoms with Crippen LogP contribution >= 0.6 is 0 Å². The van der Waals surface area contributed by atoms with Crippen molar-refractivity contribution in [1.82, 2.24) is 4.57 Å². The van der Waals surface area contributed by atoms with Gasteiger partial charge in [-0.1, -0.05) is 18.2 Å². The Hall–Kier alpha value is -1.82. The van der Waals surface area contributed by atoms with E-state index < -0.39 is 9.84 Å². The quantitative estimate of drug-likeness (QED) is 0.934. The third kappa shape index (κ3) is 2.55. The fourth-order valence-corrected chi connectivity index (χ4v) is 4.63. The molecule has 5 nitrogen and oxygen atoms in total. The predicted octanol–water partition coefficient (Wildman–Crippen LogP) is 1.53. The van der Waals surface area contributed by atoms with Crippen LogP contribution in [-0.4, -0.2) is 30.5 Å². The van der Waals surface area contributed by atoms with Crippen LogP contribution in [0.3, 0.4) is 0 Å². The lowest BCUT2D eigenvalue weighted by Gasteiger charge is -2.15. The molecule has 6 heteroatoms. The Morgan fingerprint density at radius 2 is 2.10 bits per heavy atom. The fraction of sp³-hybridized carbons (Fsp3) is 0.400. The SMILES string of the molecule is Cn1c(=O)cc(NCC2CCCS2(=O)=O)c2ccccc21. The van der Waals surface area contributed by atoms with Crippen LogP contribution in [0.1, 0.15) is 12.8 Å². The number of benzene rings is 1. The van der Waals surface area contributed by atoms with Crippen molar-refractivity contribution in [1.29, 1.82) is 0 Å². The number of nitrogens with zero attached hydrogens (tertiary/aromatic N) is 1. The first-order chi connectivity index (χ1) is 9.99. The monoisotopic (exact) mass is 306 g/mol. The molecule has 3 rings (SSSR count). The second kappa shape index (κ2) is 5.18. The molecule has 2 heterocycles. The Balaban J connectivity index is 1.95. The van der Waals surface area contributed by atoms with Crippen molar-refractivity contribution in [3.8, 4) is 0 Å². The van der Waals surface area contributed by atoms with Crippen LogP contribution < -0.4 is 10.9 Å². The normalized spacial score (nSPS) is 20.7. The highest BCUT2D eigenvalue weighted by atomic mass is 32.2. The van der Waals surface area contributed by atoms with Crippen LogP contribution in [0.4, 0.5) is 5.69 Å². The molecule has 21 heavy (non-hydrogen) atoms. The van der Waals surface area contributed by atoms with Gasteiger partial charge in [0.25, 0.3) is 5.56 Å². The van der Waals surface area contributed by atoms with Crippen LogP contribution in [0.5, 0.6) is 0 Å². The summed E-state index contributed by atoms with van der Waals surface area (Å²) in [5.74, 6) is 0.274. The van der Waals surface area contributed by atoms with Gasteiger partial charge in [-0.2, -0.15) is 0 Å². The minimum Gasteiger partial charge on any atom is -0.383 e. The molecule has 112 valence electrons. The van der Waals surface area contributed by atoms with E-state index in [1.807, 2.05) is 24.3 Å². The standard InChI is InChI=1S/C15H18N2O3S/c1-17-14-7-3-2-6-12(14)13(9-15(17)18)16-10-11-5-4-8-21(11,19)20/h2-3,6-7,9,11,16H,4-5,8,10H2,1H3. The van der Waals surface area contributed by atoms with Gasteiger partial charge in [0.05, 0.1) is 16.5 Å². The topological polar surface area (TPSA) is 68.2 Å². The van der Waals surface area contributed by atoms with Crippen molar-refractivity contribution in [3.05, 3.63) is 40.7 Å². The Bertz CT molecular complexity index is 840. The van der Waals surface area contributed by atoms with Crippen molar-refractivity contribution in [2.75, 3.05) is 17.6 Å². The number of anilines is 1. The Morgan fingerprint density at radius 3 is 2.81 bits per heavy atom. The second-order valence-electron chi connectivity index (χ2n) is 5.48. The molecule has 1 N–H and O–H groups in total. The highest BCUT2D eigenvalue weighted by Gasteiger charge is 2.30. The molecule has 2 aromatic rings. The van der Waals surface area contributed by atoms with Crippen molar-refractivity contribution >= 4 is 26.4 Å². The molecule has 1 aromatic carbocycles. The Morgan fingerprint density at radius 1 is 1.33 bits per heavy atom. The third-order valence-electron chi connectivity index (χ3n) is 4.14. The number of pyridine rings is 1. The van der Waals surface area contributed by atoms with Gasteiger partial charge in [-0.3, -0.25) is 4.79 Å². The number of hydrogen-bond donors (Lipinski definition) is 1. The first kappa shape index (κ1) is 14.1. The number of nitrogens with one attached hydrogen (secondary N) is 1. The molecule has 0 saturated carbocycles. The predicted molar refractivity (Wildman–Crippen MR) is 84.5 cm³/mol. The number of aryl methyl sites for hydroxylation is 1. The largest absolute Gasteiger partial charge is 0.383 e. The van der Waals surface area contributed by atoms with E-state index in [0.29, 0.717) is 18.7 Å². The van der Waals surface area contributed by atoms with Crippen LogP contribution in [0.25, 0.3) is 10.9 Å². The zero-order valence-corrected chi connectivity index (χ0v) is 12.7. The summed E-state index contributed by atoms with van der Waals surface area (Å²) in [5.41, 5.74) is 1.43. The summed E-state index contributed by atoms with van der Waals surface area (Å²) < 4.78 is 25.3. The van der Waals surface area contributed by atoms with Crippen molar-refractivity contribution in [2.45, 2.75) is 18.1 Å². The van der Waals surface area contributed by atoms with Gasteiger partial charge in [0, 0.05) is 30.7 Å². The maximum absolute atomic E-state index is 12.0. The summed E-state index contributed by atoms with van der Waals surface area (Å²) in [6.07, 6.45) is 1.42. The summed E-state index contributed by atoms with van der Waals surface area (Å²) in [4.78, 5) is 12.0. The van der Waals surface area contributed by atoms with Gasteiger partial charge in [0.15, 0.2) is 9.84 Å². The van der Waals surface area contributed by atoms with Gasteiger partial charge >= 0.3 is 0 Å². The molecule has 0 aliphatic carbocycles. The number of rotatable bonds is 3. The number of fused-ring (bicyclic) bond motifs is 1. The molecule has 1 saturated heterocycles. The van der Waals surface area contributed by atoms with E-state index in [1.165, 1.54) is 6.07 Å². The van der Waals surface area contributed by atoms with E-state index in [9.17, 15) is 13.2 Å². The summed E-state index contributed by atoms with van der Waals surface area (Å²) >= 11 is 0. The van der Waals surface area contributed by atoms with Gasteiger partial charge in [-0.15, -0.1) is 0 Å². The van der Waals surface area contributed by atoms with Gasteiger partial charge in [-0.25, -0.2) is 8.42 Å². The van der Waals surface area contributed by atoms with Crippen LogP contribution in [0.15, 0.2) is 35.1 Å². The van der Waals surface area contributed by atoms with E-state index in [4.69, 9.17) is 0 Å². The molecule has 0 spiro atoms. The summed E-state index contributed by atoms with van der Waals surface area (Å²) in [7, 11) is -1.24. The second-order valence-corrected chi connectivity index (χ2v) is 7.89. The number of hydrogen-bond acceptors (Lipinski definition) is 4. The van der Waals surface area contributed by atoms with Gasteiger partial charge < -0.3 is 9.88 Å². The molecular weight excluding hydrogens is 288 g/mol. The molecule has 1 unspecified atom stereocenters. The molecule has 1 fully saturated rings. The lowest BCUT2D eigenvalue weighted by molar-refractivity contribution is 0.591. The summed E-state index contributed by atoms with van der Waals surface area (Å²) in [5, 5.41) is 3.74. The molecule has 0 amide bonds. The lowest BCUT2D eigenvalue weighted by Crippen LogP contribution is -2.26. The minimum absolute atomic E-state index is 0.106. The third-order valence-corrected chi connectivity index (χ3v) is 6.41. The van der Waals surface area contributed by atoms with E-state index in [0.717, 1.165) is 17.3 Å². The number of para-hydroxylation sites is 1. The molecule has 1 aliphatic heterocycles. The number of sulfone groups is 1. The van der Waals surface area contributed by atoms with Crippen molar-refractivity contribution in [3.63, 3.8) is 0 Å². The van der Waals surface area contributed by atoms with E-state index in [2.05, 4.69) is 5.32 Å². The Labute approximate surface area is 123 Å². The highest BCUT2D eigenvalue weighted by Crippen LogP contribution is 2.24. The molecule has 1 atom stereocenters. The van der Waals surface area contributed by atoms with Gasteiger partial charge in [0.2, 0.25) is 0 Å². The van der Waals surface area contributed by atoms with E-state index in [-0.39, 0.29) is 16.6 Å². The zero-order chi connectivity index (χ0) is 15.0. The van der Waals surface area contributed by atoms with Crippen LogP contribution in [-0.2, 0) is 16.9 Å². The van der Waals surface area contributed by atoms with Gasteiger partial charge in [-0.05, 0) is 18.9 Å². The maximum atomic E-state index is 12.0. The molecule has 0 bridgehead atoms. The summed E-state index contributed by atoms with van der Waals surface area (Å²) in [6.45, 7) is 0.361. The van der Waals surface area contributed by atoms with E-state index in [1.54, 1.807) is 11.6 Å². The maximum Gasteiger partial charge on any atom is 0.252 e. The van der Waals surface area contributed by atoms with Crippen molar-refractivity contribution < 1.29 is 8.42 Å². The molecule has 1 aliphatic rings. The first-order valence-corrected chi connectivity index (χ1v) is 8.75.